The molecule has 3 unspecified atom stereocenters. The van der Waals surface area contributed by atoms with E-state index in [4.69, 9.17) is 9.47 Å². The number of thiazole rings is 1. The van der Waals surface area contributed by atoms with Crippen molar-refractivity contribution in [2.45, 2.75) is 22.4 Å². The molecule has 0 aliphatic carbocycles. The number of imide groups is 1. The van der Waals surface area contributed by atoms with Crippen molar-refractivity contribution in [3.63, 3.8) is 0 Å². The number of amides is 3. The lowest BCUT2D eigenvalue weighted by atomic mass is 9.83. The van der Waals surface area contributed by atoms with Crippen molar-refractivity contribution in [3.8, 4) is 11.5 Å². The number of rotatable bonds is 7. The van der Waals surface area contributed by atoms with Crippen LogP contribution in [0.4, 0.5) is 28.9 Å². The number of carbonyl (C=O) groups excluding carboxylic acids is 3. The van der Waals surface area contributed by atoms with Crippen LogP contribution < -0.4 is 24.6 Å². The van der Waals surface area contributed by atoms with Crippen LogP contribution in [0, 0.1) is 11.7 Å². The number of aromatic amines is 1. The summed E-state index contributed by atoms with van der Waals surface area (Å²) in [6.07, 6.45) is -4.82. The van der Waals surface area contributed by atoms with Crippen LogP contribution in [0.1, 0.15) is 21.9 Å². The second kappa shape index (κ2) is 11.7. The highest BCUT2D eigenvalue weighted by atomic mass is 32.2. The normalized spacial score (nSPS) is 19.2. The minimum absolute atomic E-state index is 0.161. The SMILES string of the molecule is COc1cc(C2c3sc(=O)[nH]c3SC3C(=O)N(c4ccccc4C(F)(F)F)C(=O)C32)ccc1OCC(=O)Nc1ccc(F)cc1. The molecule has 0 radical (unpaired) electrons. The number of alkyl halides is 3. The molecular weight excluding hydrogens is 638 g/mol. The smallest absolute Gasteiger partial charge is 0.418 e. The zero-order chi connectivity index (χ0) is 32.0. The average molecular weight is 660 g/mol. The summed E-state index contributed by atoms with van der Waals surface area (Å²) in [4.78, 5) is 55.6. The van der Waals surface area contributed by atoms with Gasteiger partial charge in [0.2, 0.25) is 11.8 Å². The summed E-state index contributed by atoms with van der Waals surface area (Å²) in [6, 6.07) is 14.1. The lowest BCUT2D eigenvalue weighted by Gasteiger charge is -2.30. The first kappa shape index (κ1) is 30.4. The number of carbonyl (C=O) groups is 3. The van der Waals surface area contributed by atoms with E-state index in [1.807, 2.05) is 0 Å². The minimum atomic E-state index is -4.82. The molecular formula is C30H21F4N3O6S2. The topological polar surface area (TPSA) is 118 Å². The summed E-state index contributed by atoms with van der Waals surface area (Å²) >= 11 is 1.78. The molecule has 9 nitrogen and oxygen atoms in total. The lowest BCUT2D eigenvalue weighted by Crippen LogP contribution is -2.33. The fourth-order valence-corrected chi connectivity index (χ4v) is 7.91. The highest BCUT2D eigenvalue weighted by Gasteiger charge is 2.57. The third-order valence-electron chi connectivity index (χ3n) is 7.31. The summed E-state index contributed by atoms with van der Waals surface area (Å²) in [5.74, 6) is -4.35. The highest BCUT2D eigenvalue weighted by molar-refractivity contribution is 8.00. The molecule has 4 aromatic rings. The molecule has 0 bridgehead atoms. The Morgan fingerprint density at radius 3 is 2.44 bits per heavy atom. The zero-order valence-electron chi connectivity index (χ0n) is 23.0. The molecule has 15 heteroatoms. The van der Waals surface area contributed by atoms with E-state index < -0.39 is 69.5 Å². The Bertz CT molecular complexity index is 1870. The predicted octanol–water partition coefficient (Wildman–Crippen LogP) is 5.42. The molecule has 2 N–H and O–H groups in total. The maximum absolute atomic E-state index is 13.9. The van der Waals surface area contributed by atoms with Gasteiger partial charge in [0, 0.05) is 16.5 Å². The Labute approximate surface area is 260 Å². The van der Waals surface area contributed by atoms with Crippen LogP contribution in [0.5, 0.6) is 11.5 Å². The van der Waals surface area contributed by atoms with Crippen molar-refractivity contribution in [1.29, 1.82) is 0 Å². The van der Waals surface area contributed by atoms with Gasteiger partial charge in [0.05, 0.1) is 29.3 Å². The van der Waals surface area contributed by atoms with Gasteiger partial charge >= 0.3 is 11.0 Å². The predicted molar refractivity (Wildman–Crippen MR) is 157 cm³/mol. The number of anilines is 2. The Kier molecular flexibility index (Phi) is 7.91. The third kappa shape index (κ3) is 5.68. The van der Waals surface area contributed by atoms with Crippen LogP contribution >= 0.6 is 23.1 Å². The monoisotopic (exact) mass is 659 g/mol. The largest absolute Gasteiger partial charge is 0.493 e. The molecule has 0 spiro atoms. The van der Waals surface area contributed by atoms with E-state index in [9.17, 15) is 36.7 Å². The lowest BCUT2D eigenvalue weighted by molar-refractivity contribution is -0.137. The molecule has 45 heavy (non-hydrogen) atoms. The van der Waals surface area contributed by atoms with E-state index in [1.165, 1.54) is 55.6 Å². The van der Waals surface area contributed by atoms with E-state index in [0.717, 1.165) is 35.2 Å². The van der Waals surface area contributed by atoms with Crippen molar-refractivity contribution in [1.82, 2.24) is 4.98 Å². The third-order valence-corrected chi connectivity index (χ3v) is 9.71. The Morgan fingerprint density at radius 2 is 1.73 bits per heavy atom. The number of ether oxygens (including phenoxy) is 2. The Hall–Kier alpha value is -4.63. The van der Waals surface area contributed by atoms with Crippen LogP contribution in [-0.4, -0.2) is 41.7 Å². The van der Waals surface area contributed by atoms with E-state index >= 15 is 0 Å². The van der Waals surface area contributed by atoms with Crippen molar-refractivity contribution in [2.75, 3.05) is 23.9 Å². The van der Waals surface area contributed by atoms with Gasteiger partial charge in [0.25, 0.3) is 5.91 Å². The summed E-state index contributed by atoms with van der Waals surface area (Å²) in [6.45, 7) is -0.429. The van der Waals surface area contributed by atoms with E-state index in [0.29, 0.717) is 26.1 Å². The molecule has 2 aliphatic rings. The number of methoxy groups -OCH3 is 1. The van der Waals surface area contributed by atoms with Crippen molar-refractivity contribution < 1.29 is 41.4 Å². The van der Waals surface area contributed by atoms with Crippen LogP contribution in [0.15, 0.2) is 76.6 Å². The van der Waals surface area contributed by atoms with Gasteiger partial charge in [-0.05, 0) is 54.1 Å². The van der Waals surface area contributed by atoms with E-state index in [-0.39, 0.29) is 11.5 Å². The van der Waals surface area contributed by atoms with Gasteiger partial charge in [-0.3, -0.25) is 19.2 Å². The van der Waals surface area contributed by atoms with Gasteiger partial charge in [-0.25, -0.2) is 9.29 Å². The molecule has 232 valence electrons. The van der Waals surface area contributed by atoms with Gasteiger partial charge < -0.3 is 19.8 Å². The van der Waals surface area contributed by atoms with Crippen LogP contribution in [0.3, 0.4) is 0 Å². The number of nitrogens with zero attached hydrogens (tertiary/aromatic N) is 1. The van der Waals surface area contributed by atoms with Gasteiger partial charge in [0.15, 0.2) is 18.1 Å². The Balaban J connectivity index is 1.32. The maximum atomic E-state index is 13.9. The molecule has 3 atom stereocenters. The van der Waals surface area contributed by atoms with Crippen molar-refractivity contribution >= 4 is 52.2 Å². The summed E-state index contributed by atoms with van der Waals surface area (Å²) < 4.78 is 65.9. The standard InChI is InChI=1S/C30H21F4N3O6S2/c1-42-20-12-14(6-11-19(20)43-13-21(38)35-16-9-7-15(31)8-10-16)22-23-25(44-26-24(22)45-29(41)36-26)28(40)37(27(23)39)18-5-3-2-4-17(18)30(32,33)34/h2-12,22-23,25H,13H2,1H3,(H,35,38)(H,36,41). The molecule has 3 aromatic carbocycles. The molecule has 6 rings (SSSR count). The van der Waals surface area contributed by atoms with Gasteiger partial charge in [0.1, 0.15) is 11.1 Å². The summed E-state index contributed by atoms with van der Waals surface area (Å²) in [7, 11) is 1.35. The average Bonchev–Trinajstić information content (AvgIpc) is 3.50. The zero-order valence-corrected chi connectivity index (χ0v) is 24.6. The maximum Gasteiger partial charge on any atom is 0.418 e. The number of benzene rings is 3. The number of halogens is 4. The Morgan fingerprint density at radius 1 is 1.00 bits per heavy atom. The van der Waals surface area contributed by atoms with Crippen LogP contribution in [0.25, 0.3) is 0 Å². The number of aromatic nitrogens is 1. The minimum Gasteiger partial charge on any atom is -0.493 e. The summed E-state index contributed by atoms with van der Waals surface area (Å²) in [5.41, 5.74) is -0.887. The van der Waals surface area contributed by atoms with Gasteiger partial charge in [-0.15, -0.1) is 0 Å². The second-order valence-electron chi connectivity index (χ2n) is 10.0. The molecule has 1 fully saturated rings. The number of nitrogens with one attached hydrogen (secondary N) is 2. The first-order chi connectivity index (χ1) is 21.5. The first-order valence-corrected chi connectivity index (χ1v) is 15.0. The first-order valence-electron chi connectivity index (χ1n) is 13.3. The highest BCUT2D eigenvalue weighted by Crippen LogP contribution is 2.54. The second-order valence-corrected chi connectivity index (χ2v) is 12.2. The summed E-state index contributed by atoms with van der Waals surface area (Å²) in [5, 5.41) is 1.80. The fraction of sp³-hybridized carbons (Fsp3) is 0.200. The van der Waals surface area contributed by atoms with Crippen LogP contribution in [-0.2, 0) is 20.6 Å². The molecule has 2 aliphatic heterocycles. The number of thioether (sulfide) groups is 1. The van der Waals surface area contributed by atoms with Crippen molar-refractivity contribution in [3.05, 3.63) is 98.2 Å². The molecule has 1 saturated heterocycles. The fourth-order valence-electron chi connectivity index (χ4n) is 5.39. The molecule has 3 heterocycles. The number of hydrogen-bond donors (Lipinski definition) is 2. The van der Waals surface area contributed by atoms with Gasteiger partial charge in [-0.2, -0.15) is 13.2 Å². The molecule has 1 aromatic heterocycles. The number of hydrogen-bond acceptors (Lipinski definition) is 8. The number of H-pyrrole nitrogens is 1. The van der Waals surface area contributed by atoms with E-state index in [1.54, 1.807) is 6.07 Å². The van der Waals surface area contributed by atoms with Crippen molar-refractivity contribution in [2.24, 2.45) is 5.92 Å². The molecule has 0 saturated carbocycles. The molecule has 3 amide bonds. The number of para-hydroxylation sites is 1. The van der Waals surface area contributed by atoms with E-state index in [2.05, 4.69) is 10.3 Å². The quantitative estimate of drug-likeness (QED) is 0.201. The van der Waals surface area contributed by atoms with Crippen LogP contribution in [0.2, 0.25) is 0 Å². The van der Waals surface area contributed by atoms with Gasteiger partial charge in [-0.1, -0.05) is 41.3 Å². The number of fused-ring (bicyclic) bond motifs is 2.